The number of rotatable bonds is 8. The number of anilines is 1. The molecule has 1 aromatic heterocycles. The monoisotopic (exact) mass is 540 g/mol. The summed E-state index contributed by atoms with van der Waals surface area (Å²) in [5, 5.41) is 4.02. The molecule has 0 aliphatic heterocycles. The number of thiophene rings is 1. The second-order valence-electron chi connectivity index (χ2n) is 9.32. The smallest absolute Gasteiger partial charge is 0.262 e. The number of benzene rings is 4. The number of carbonyl (C=O) groups is 1. The zero-order valence-corrected chi connectivity index (χ0v) is 22.8. The molecular formula is C31H28N2O3S2. The molecule has 1 heterocycles. The van der Waals surface area contributed by atoms with E-state index in [4.69, 9.17) is 0 Å². The SMILES string of the molecule is Cc1ccc(CN(c2ccc3sc(C(=O)NC(c4ccccc4)c4ccccc4)cc3c2)S(C)(=O)=O)cc1. The van der Waals surface area contributed by atoms with Gasteiger partial charge in [0.25, 0.3) is 5.91 Å². The van der Waals surface area contributed by atoms with Crippen molar-refractivity contribution in [3.05, 3.63) is 136 Å². The maximum absolute atomic E-state index is 13.4. The van der Waals surface area contributed by atoms with E-state index in [2.05, 4.69) is 5.32 Å². The minimum atomic E-state index is -3.52. The molecule has 0 saturated carbocycles. The van der Waals surface area contributed by atoms with Gasteiger partial charge < -0.3 is 5.32 Å². The van der Waals surface area contributed by atoms with Gasteiger partial charge in [0, 0.05) is 4.70 Å². The lowest BCUT2D eigenvalue weighted by atomic mass is 9.98. The Morgan fingerprint density at radius 1 is 0.842 bits per heavy atom. The van der Waals surface area contributed by atoms with Crippen molar-refractivity contribution in [3.8, 4) is 0 Å². The molecule has 1 N–H and O–H groups in total. The Balaban J connectivity index is 1.44. The first kappa shape index (κ1) is 25.7. The number of aryl methyl sites for hydroxylation is 1. The van der Waals surface area contributed by atoms with Crippen molar-refractivity contribution in [2.24, 2.45) is 0 Å². The van der Waals surface area contributed by atoms with Gasteiger partial charge in [0.05, 0.1) is 29.4 Å². The fraction of sp³-hybridized carbons (Fsp3) is 0.129. The highest BCUT2D eigenvalue weighted by Gasteiger charge is 2.21. The van der Waals surface area contributed by atoms with Gasteiger partial charge in [-0.05, 0) is 53.3 Å². The Kier molecular flexibility index (Phi) is 7.31. The Bertz CT molecular complexity index is 1620. The van der Waals surface area contributed by atoms with E-state index in [0.717, 1.165) is 32.3 Å². The molecule has 0 aliphatic carbocycles. The van der Waals surface area contributed by atoms with E-state index in [1.54, 1.807) is 6.07 Å². The van der Waals surface area contributed by atoms with Crippen LogP contribution in [0, 0.1) is 6.92 Å². The van der Waals surface area contributed by atoms with Gasteiger partial charge in [0.15, 0.2) is 0 Å². The third-order valence-electron chi connectivity index (χ3n) is 6.40. The molecule has 0 spiro atoms. The molecule has 0 bridgehead atoms. The fourth-order valence-corrected chi connectivity index (χ4v) is 6.24. The summed E-state index contributed by atoms with van der Waals surface area (Å²) in [6.07, 6.45) is 1.21. The number of nitrogens with zero attached hydrogens (tertiary/aromatic N) is 1. The molecule has 0 fully saturated rings. The first-order valence-corrected chi connectivity index (χ1v) is 14.9. The lowest BCUT2D eigenvalue weighted by Gasteiger charge is -2.22. The van der Waals surface area contributed by atoms with Gasteiger partial charge in [-0.1, -0.05) is 90.5 Å². The van der Waals surface area contributed by atoms with Crippen LogP contribution in [0.15, 0.2) is 109 Å². The van der Waals surface area contributed by atoms with Gasteiger partial charge in [0.1, 0.15) is 0 Å². The highest BCUT2D eigenvalue weighted by Crippen LogP contribution is 2.32. The highest BCUT2D eigenvalue weighted by atomic mass is 32.2. The largest absolute Gasteiger partial charge is 0.340 e. The van der Waals surface area contributed by atoms with Crippen LogP contribution in [0.4, 0.5) is 5.69 Å². The number of hydrogen-bond donors (Lipinski definition) is 1. The molecule has 4 aromatic carbocycles. The molecular weight excluding hydrogens is 512 g/mol. The molecule has 38 heavy (non-hydrogen) atoms. The molecule has 0 saturated heterocycles. The van der Waals surface area contributed by atoms with Crippen LogP contribution in [-0.2, 0) is 16.6 Å². The minimum absolute atomic E-state index is 0.176. The molecule has 5 aromatic rings. The van der Waals surface area contributed by atoms with Crippen molar-refractivity contribution in [1.29, 1.82) is 0 Å². The average molecular weight is 541 g/mol. The molecule has 1 amide bonds. The molecule has 5 rings (SSSR count). The number of amides is 1. The summed E-state index contributed by atoms with van der Waals surface area (Å²) in [6.45, 7) is 2.23. The van der Waals surface area contributed by atoms with Crippen LogP contribution in [0.25, 0.3) is 10.1 Å². The molecule has 0 atom stereocenters. The second-order valence-corrected chi connectivity index (χ2v) is 12.3. The predicted molar refractivity (Wildman–Crippen MR) is 156 cm³/mol. The van der Waals surface area contributed by atoms with Gasteiger partial charge in [-0.15, -0.1) is 11.3 Å². The standard InChI is InChI=1S/C31H28N2O3S2/c1-22-13-15-23(16-14-22)21-33(38(2,35)36)27-17-18-28-26(19-27)20-29(37-28)31(34)32-30(24-9-5-3-6-10-24)25-11-7-4-8-12-25/h3-20,30H,21H2,1-2H3,(H,32,34). The van der Waals surface area contributed by atoms with E-state index in [1.807, 2.05) is 110 Å². The second kappa shape index (κ2) is 10.8. The summed E-state index contributed by atoms with van der Waals surface area (Å²) in [4.78, 5) is 14.0. The summed E-state index contributed by atoms with van der Waals surface area (Å²) in [5.41, 5.74) is 4.58. The third kappa shape index (κ3) is 5.79. The molecule has 192 valence electrons. The summed E-state index contributed by atoms with van der Waals surface area (Å²) in [7, 11) is -3.52. The zero-order chi connectivity index (χ0) is 26.7. The van der Waals surface area contributed by atoms with Gasteiger partial charge in [0.2, 0.25) is 10.0 Å². The van der Waals surface area contributed by atoms with E-state index in [-0.39, 0.29) is 18.5 Å². The number of nitrogens with one attached hydrogen (secondary N) is 1. The Morgan fingerprint density at radius 2 is 1.45 bits per heavy atom. The van der Waals surface area contributed by atoms with Crippen LogP contribution in [-0.4, -0.2) is 20.6 Å². The number of hydrogen-bond acceptors (Lipinski definition) is 4. The molecule has 7 heteroatoms. The van der Waals surface area contributed by atoms with Crippen LogP contribution in [0.1, 0.15) is 38.0 Å². The fourth-order valence-electron chi connectivity index (χ4n) is 4.41. The summed E-state index contributed by atoms with van der Waals surface area (Å²) >= 11 is 1.39. The topological polar surface area (TPSA) is 66.5 Å². The van der Waals surface area contributed by atoms with Crippen LogP contribution in [0.2, 0.25) is 0 Å². The van der Waals surface area contributed by atoms with Crippen LogP contribution < -0.4 is 9.62 Å². The molecule has 0 unspecified atom stereocenters. The van der Waals surface area contributed by atoms with Crippen molar-refractivity contribution in [2.45, 2.75) is 19.5 Å². The van der Waals surface area contributed by atoms with E-state index < -0.39 is 10.0 Å². The predicted octanol–water partition coefficient (Wildman–Crippen LogP) is 6.70. The zero-order valence-electron chi connectivity index (χ0n) is 21.2. The quantitative estimate of drug-likeness (QED) is 0.238. The van der Waals surface area contributed by atoms with Crippen molar-refractivity contribution < 1.29 is 13.2 Å². The average Bonchev–Trinajstić information content (AvgIpc) is 3.35. The summed E-state index contributed by atoms with van der Waals surface area (Å²) < 4.78 is 27.7. The Morgan fingerprint density at radius 3 is 2.03 bits per heavy atom. The van der Waals surface area contributed by atoms with Crippen molar-refractivity contribution >= 4 is 43.0 Å². The normalized spacial score (nSPS) is 11.6. The summed E-state index contributed by atoms with van der Waals surface area (Å²) in [6, 6.07) is 34.6. The molecule has 0 aliphatic rings. The van der Waals surface area contributed by atoms with E-state index in [9.17, 15) is 13.2 Å². The maximum atomic E-state index is 13.4. The Labute approximate surface area is 227 Å². The van der Waals surface area contributed by atoms with Crippen molar-refractivity contribution in [1.82, 2.24) is 5.32 Å². The van der Waals surface area contributed by atoms with Gasteiger partial charge in [-0.25, -0.2) is 8.42 Å². The lowest BCUT2D eigenvalue weighted by molar-refractivity contribution is 0.0947. The van der Waals surface area contributed by atoms with E-state index in [1.165, 1.54) is 21.9 Å². The maximum Gasteiger partial charge on any atom is 0.262 e. The highest BCUT2D eigenvalue weighted by molar-refractivity contribution is 7.92. The number of fused-ring (bicyclic) bond motifs is 1. The van der Waals surface area contributed by atoms with Crippen molar-refractivity contribution in [3.63, 3.8) is 0 Å². The third-order valence-corrected chi connectivity index (χ3v) is 8.66. The Hall–Kier alpha value is -3.94. The lowest BCUT2D eigenvalue weighted by Crippen LogP contribution is -2.29. The first-order valence-electron chi connectivity index (χ1n) is 12.3. The van der Waals surface area contributed by atoms with Crippen LogP contribution in [0.5, 0.6) is 0 Å². The molecule has 5 nitrogen and oxygen atoms in total. The van der Waals surface area contributed by atoms with Gasteiger partial charge in [-0.2, -0.15) is 0 Å². The van der Waals surface area contributed by atoms with E-state index >= 15 is 0 Å². The van der Waals surface area contributed by atoms with Gasteiger partial charge >= 0.3 is 0 Å². The number of carbonyl (C=O) groups excluding carboxylic acids is 1. The van der Waals surface area contributed by atoms with Gasteiger partial charge in [-0.3, -0.25) is 9.10 Å². The molecule has 0 radical (unpaired) electrons. The number of sulfonamides is 1. The first-order chi connectivity index (χ1) is 18.3. The van der Waals surface area contributed by atoms with Crippen LogP contribution in [0.3, 0.4) is 0 Å². The summed E-state index contributed by atoms with van der Waals surface area (Å²) in [5.74, 6) is -0.176. The van der Waals surface area contributed by atoms with Crippen LogP contribution >= 0.6 is 11.3 Å². The van der Waals surface area contributed by atoms with E-state index in [0.29, 0.717) is 10.6 Å². The minimum Gasteiger partial charge on any atom is -0.340 e. The van der Waals surface area contributed by atoms with Crippen molar-refractivity contribution in [2.75, 3.05) is 10.6 Å².